The number of ether oxygens (including phenoxy) is 1. The Bertz CT molecular complexity index is 338. The highest BCUT2D eigenvalue weighted by Gasteiger charge is 2.26. The van der Waals surface area contributed by atoms with Gasteiger partial charge in [0.1, 0.15) is 0 Å². The number of rotatable bonds is 5. The van der Waals surface area contributed by atoms with Gasteiger partial charge in [0.2, 0.25) is 0 Å². The van der Waals surface area contributed by atoms with E-state index in [0.717, 1.165) is 32.5 Å². The molecule has 0 spiro atoms. The molecule has 0 amide bonds. The first kappa shape index (κ1) is 13.6. The van der Waals surface area contributed by atoms with E-state index in [1.807, 2.05) is 0 Å². The smallest absolute Gasteiger partial charge is 0.0494 e. The summed E-state index contributed by atoms with van der Waals surface area (Å²) in [6, 6.07) is 11.0. The second-order valence-electron chi connectivity index (χ2n) is 5.55. The lowest BCUT2D eigenvalue weighted by atomic mass is 9.82. The second kappa shape index (κ2) is 6.91. The van der Waals surface area contributed by atoms with Gasteiger partial charge in [-0.3, -0.25) is 0 Å². The van der Waals surface area contributed by atoms with E-state index in [1.54, 1.807) is 0 Å². The Balaban J connectivity index is 1.72. The largest absolute Gasteiger partial charge is 0.381 e. The summed E-state index contributed by atoms with van der Waals surface area (Å²) in [5.41, 5.74) is 7.77. The summed E-state index contributed by atoms with van der Waals surface area (Å²) in [5.74, 6) is 1.26. The molecule has 1 saturated heterocycles. The van der Waals surface area contributed by atoms with E-state index in [-0.39, 0.29) is 0 Å². The van der Waals surface area contributed by atoms with E-state index in [2.05, 4.69) is 37.3 Å². The Kier molecular flexibility index (Phi) is 5.21. The number of hydrogen-bond acceptors (Lipinski definition) is 2. The van der Waals surface area contributed by atoms with Gasteiger partial charge in [0.25, 0.3) is 0 Å². The Morgan fingerprint density at radius 2 is 2.11 bits per heavy atom. The summed E-state index contributed by atoms with van der Waals surface area (Å²) < 4.78 is 5.48. The van der Waals surface area contributed by atoms with Gasteiger partial charge in [-0.2, -0.15) is 0 Å². The summed E-state index contributed by atoms with van der Waals surface area (Å²) in [5, 5.41) is 0. The molecular formula is C16H25NO. The number of aryl methyl sites for hydroxylation is 1. The molecule has 3 unspecified atom stereocenters. The van der Waals surface area contributed by atoms with Crippen molar-refractivity contribution < 1.29 is 4.74 Å². The molecule has 1 fully saturated rings. The lowest BCUT2D eigenvalue weighted by Crippen LogP contribution is -2.39. The summed E-state index contributed by atoms with van der Waals surface area (Å²) in [6.07, 6.45) is 4.60. The van der Waals surface area contributed by atoms with Crippen LogP contribution < -0.4 is 5.73 Å². The summed E-state index contributed by atoms with van der Waals surface area (Å²) >= 11 is 0. The fourth-order valence-electron chi connectivity index (χ4n) is 2.93. The molecule has 2 rings (SSSR count). The second-order valence-corrected chi connectivity index (χ2v) is 5.55. The van der Waals surface area contributed by atoms with Gasteiger partial charge in [0, 0.05) is 19.3 Å². The van der Waals surface area contributed by atoms with Crippen molar-refractivity contribution in [1.82, 2.24) is 0 Å². The number of nitrogens with two attached hydrogens (primary N) is 1. The highest BCUT2D eigenvalue weighted by molar-refractivity contribution is 5.14. The van der Waals surface area contributed by atoms with Crippen LogP contribution in [0.3, 0.4) is 0 Å². The van der Waals surface area contributed by atoms with Crippen LogP contribution in [0.2, 0.25) is 0 Å². The number of hydrogen-bond donors (Lipinski definition) is 1. The molecule has 18 heavy (non-hydrogen) atoms. The molecule has 1 heterocycles. The van der Waals surface area contributed by atoms with E-state index < -0.39 is 0 Å². The van der Waals surface area contributed by atoms with E-state index in [0.29, 0.717) is 17.9 Å². The zero-order valence-electron chi connectivity index (χ0n) is 11.3. The topological polar surface area (TPSA) is 35.2 Å². The van der Waals surface area contributed by atoms with E-state index >= 15 is 0 Å². The third kappa shape index (κ3) is 3.82. The van der Waals surface area contributed by atoms with Crippen LogP contribution in [0.15, 0.2) is 30.3 Å². The Morgan fingerprint density at radius 3 is 2.83 bits per heavy atom. The standard InChI is InChI=1S/C16H25NO/c1-13-12-18-11-10-15(13)16(17)9-5-8-14-6-3-2-4-7-14/h2-4,6-7,13,15-16H,5,8-12,17H2,1H3. The molecule has 2 N–H and O–H groups in total. The molecule has 1 aliphatic rings. The summed E-state index contributed by atoms with van der Waals surface area (Å²) in [7, 11) is 0. The van der Waals surface area contributed by atoms with Crippen LogP contribution in [0.4, 0.5) is 0 Å². The van der Waals surface area contributed by atoms with Crippen molar-refractivity contribution in [1.29, 1.82) is 0 Å². The number of benzene rings is 1. The zero-order valence-corrected chi connectivity index (χ0v) is 11.3. The molecule has 1 aromatic rings. The van der Waals surface area contributed by atoms with E-state index in [9.17, 15) is 0 Å². The van der Waals surface area contributed by atoms with Crippen LogP contribution >= 0.6 is 0 Å². The Labute approximate surface area is 111 Å². The van der Waals surface area contributed by atoms with Crippen LogP contribution in [-0.2, 0) is 11.2 Å². The lowest BCUT2D eigenvalue weighted by molar-refractivity contribution is 0.0146. The van der Waals surface area contributed by atoms with Gasteiger partial charge < -0.3 is 10.5 Å². The lowest BCUT2D eigenvalue weighted by Gasteiger charge is -2.33. The molecule has 1 aromatic carbocycles. The van der Waals surface area contributed by atoms with Crippen molar-refractivity contribution in [2.45, 2.75) is 38.6 Å². The quantitative estimate of drug-likeness (QED) is 0.868. The van der Waals surface area contributed by atoms with Gasteiger partial charge in [-0.1, -0.05) is 37.3 Å². The molecule has 100 valence electrons. The first-order chi connectivity index (χ1) is 8.77. The van der Waals surface area contributed by atoms with Crippen molar-refractivity contribution in [3.05, 3.63) is 35.9 Å². The summed E-state index contributed by atoms with van der Waals surface area (Å²) in [6.45, 7) is 4.04. The normalized spacial score (nSPS) is 25.9. The fourth-order valence-corrected chi connectivity index (χ4v) is 2.93. The molecular weight excluding hydrogens is 222 g/mol. The SMILES string of the molecule is CC1COCCC1C(N)CCCc1ccccc1. The molecule has 2 nitrogen and oxygen atoms in total. The molecule has 0 aliphatic carbocycles. The van der Waals surface area contributed by atoms with Gasteiger partial charge in [0.15, 0.2) is 0 Å². The maximum Gasteiger partial charge on any atom is 0.0494 e. The van der Waals surface area contributed by atoms with Crippen LogP contribution in [0, 0.1) is 11.8 Å². The molecule has 1 aliphatic heterocycles. The van der Waals surface area contributed by atoms with Crippen molar-refractivity contribution in [3.8, 4) is 0 Å². The predicted molar refractivity (Wildman–Crippen MR) is 75.4 cm³/mol. The summed E-state index contributed by atoms with van der Waals surface area (Å²) in [4.78, 5) is 0. The third-order valence-corrected chi connectivity index (χ3v) is 4.10. The average Bonchev–Trinajstić information content (AvgIpc) is 2.40. The van der Waals surface area contributed by atoms with Crippen molar-refractivity contribution >= 4 is 0 Å². The van der Waals surface area contributed by atoms with Crippen molar-refractivity contribution in [2.75, 3.05) is 13.2 Å². The van der Waals surface area contributed by atoms with Gasteiger partial charge >= 0.3 is 0 Å². The minimum Gasteiger partial charge on any atom is -0.381 e. The Morgan fingerprint density at radius 1 is 1.33 bits per heavy atom. The Hall–Kier alpha value is -0.860. The molecule has 0 saturated carbocycles. The minimum atomic E-state index is 0.340. The highest BCUT2D eigenvalue weighted by Crippen LogP contribution is 2.26. The average molecular weight is 247 g/mol. The monoisotopic (exact) mass is 247 g/mol. The van der Waals surface area contributed by atoms with E-state index in [1.165, 1.54) is 12.0 Å². The van der Waals surface area contributed by atoms with Gasteiger partial charge in [-0.25, -0.2) is 0 Å². The van der Waals surface area contributed by atoms with Crippen LogP contribution in [0.25, 0.3) is 0 Å². The van der Waals surface area contributed by atoms with Crippen LogP contribution in [-0.4, -0.2) is 19.3 Å². The van der Waals surface area contributed by atoms with Crippen molar-refractivity contribution in [2.24, 2.45) is 17.6 Å². The molecule has 0 aromatic heterocycles. The van der Waals surface area contributed by atoms with Crippen molar-refractivity contribution in [3.63, 3.8) is 0 Å². The molecule has 2 heteroatoms. The molecule has 0 radical (unpaired) electrons. The third-order valence-electron chi connectivity index (χ3n) is 4.10. The zero-order chi connectivity index (χ0) is 12.8. The predicted octanol–water partition coefficient (Wildman–Crippen LogP) is 3.01. The first-order valence-corrected chi connectivity index (χ1v) is 7.14. The maximum absolute atomic E-state index is 6.35. The maximum atomic E-state index is 6.35. The van der Waals surface area contributed by atoms with Crippen LogP contribution in [0.1, 0.15) is 31.7 Å². The molecule has 0 bridgehead atoms. The van der Waals surface area contributed by atoms with Crippen LogP contribution in [0.5, 0.6) is 0 Å². The fraction of sp³-hybridized carbons (Fsp3) is 0.625. The molecule has 3 atom stereocenters. The first-order valence-electron chi connectivity index (χ1n) is 7.14. The van der Waals surface area contributed by atoms with Gasteiger partial charge in [-0.05, 0) is 43.1 Å². The minimum absolute atomic E-state index is 0.340. The van der Waals surface area contributed by atoms with E-state index in [4.69, 9.17) is 10.5 Å². The van der Waals surface area contributed by atoms with Gasteiger partial charge in [-0.15, -0.1) is 0 Å². The highest BCUT2D eigenvalue weighted by atomic mass is 16.5. The van der Waals surface area contributed by atoms with Gasteiger partial charge in [0.05, 0.1) is 0 Å².